The van der Waals surface area contributed by atoms with Crippen LogP contribution in [0, 0.1) is 0 Å². The molecular weight excluding hydrogens is 262 g/mol. The average Bonchev–Trinajstić information content (AvgIpc) is 2.94. The molecule has 0 aliphatic heterocycles. The normalized spacial score (nSPS) is 10.3. The van der Waals surface area contributed by atoms with Crippen molar-refractivity contribution in [3.63, 3.8) is 0 Å². The molecule has 6 heteroatoms. The summed E-state index contributed by atoms with van der Waals surface area (Å²) in [5.74, 6) is 0.637. The molecule has 2 aromatic heterocycles. The van der Waals surface area contributed by atoms with Crippen LogP contribution in [-0.4, -0.2) is 14.5 Å². The summed E-state index contributed by atoms with van der Waals surface area (Å²) in [7, 11) is 0. The van der Waals surface area contributed by atoms with Gasteiger partial charge in [-0.2, -0.15) is 4.98 Å². The summed E-state index contributed by atoms with van der Waals surface area (Å²) in [6, 6.07) is 8.85. The second kappa shape index (κ2) is 5.03. The highest BCUT2D eigenvalue weighted by molar-refractivity contribution is 7.11. The van der Waals surface area contributed by atoms with E-state index in [2.05, 4.69) is 9.97 Å². The molecule has 0 spiro atoms. The molecule has 0 fully saturated rings. The molecule has 0 saturated heterocycles. The summed E-state index contributed by atoms with van der Waals surface area (Å²) in [6.45, 7) is 0. The molecule has 0 amide bonds. The van der Waals surface area contributed by atoms with Crippen LogP contribution in [0.4, 0.5) is 0 Å². The van der Waals surface area contributed by atoms with E-state index >= 15 is 0 Å². The van der Waals surface area contributed by atoms with Gasteiger partial charge in [0.25, 0.3) is 10.8 Å². The van der Waals surface area contributed by atoms with Crippen molar-refractivity contribution >= 4 is 11.3 Å². The van der Waals surface area contributed by atoms with Gasteiger partial charge in [-0.25, -0.2) is 4.98 Å². The van der Waals surface area contributed by atoms with E-state index in [-0.39, 0.29) is 5.56 Å². The van der Waals surface area contributed by atoms with Gasteiger partial charge in [-0.3, -0.25) is 4.79 Å². The van der Waals surface area contributed by atoms with Crippen molar-refractivity contribution in [3.8, 4) is 16.6 Å². The topological polar surface area (TPSA) is 57.0 Å². The predicted octanol–water partition coefficient (Wildman–Crippen LogP) is 2.48. The van der Waals surface area contributed by atoms with Crippen LogP contribution in [0.2, 0.25) is 0 Å². The Hall–Kier alpha value is -2.47. The molecule has 0 atom stereocenters. The Bertz CT molecular complexity index is 720. The molecule has 2 heterocycles. The van der Waals surface area contributed by atoms with Crippen LogP contribution in [0.1, 0.15) is 0 Å². The third kappa shape index (κ3) is 2.69. The van der Waals surface area contributed by atoms with Gasteiger partial charge in [0.15, 0.2) is 0 Å². The van der Waals surface area contributed by atoms with E-state index in [1.54, 1.807) is 17.9 Å². The van der Waals surface area contributed by atoms with E-state index in [1.807, 2.05) is 35.0 Å². The minimum absolute atomic E-state index is 0.302. The van der Waals surface area contributed by atoms with E-state index in [0.29, 0.717) is 10.9 Å². The zero-order valence-corrected chi connectivity index (χ0v) is 10.6. The van der Waals surface area contributed by atoms with Crippen molar-refractivity contribution in [2.24, 2.45) is 0 Å². The number of hydrogen-bond donors (Lipinski definition) is 0. The van der Waals surface area contributed by atoms with Crippen LogP contribution in [0.25, 0.3) is 5.69 Å². The number of imidazole rings is 1. The largest absolute Gasteiger partial charge is 0.431 e. The summed E-state index contributed by atoms with van der Waals surface area (Å²) in [6.07, 6.45) is 5.30. The summed E-state index contributed by atoms with van der Waals surface area (Å²) >= 11 is 1.27. The molecular formula is C13H9N3O2S. The van der Waals surface area contributed by atoms with Gasteiger partial charge in [0, 0.05) is 29.5 Å². The minimum Gasteiger partial charge on any atom is -0.431 e. The van der Waals surface area contributed by atoms with Crippen molar-refractivity contribution in [3.05, 3.63) is 64.8 Å². The summed E-state index contributed by atoms with van der Waals surface area (Å²) in [5.41, 5.74) is 0.683. The highest BCUT2D eigenvalue weighted by atomic mass is 32.1. The van der Waals surface area contributed by atoms with Crippen molar-refractivity contribution in [1.29, 1.82) is 0 Å². The molecule has 0 saturated carbocycles. The number of nitrogens with zero attached hydrogens (tertiary/aromatic N) is 3. The van der Waals surface area contributed by atoms with Gasteiger partial charge >= 0.3 is 0 Å². The molecule has 94 valence electrons. The van der Waals surface area contributed by atoms with Crippen molar-refractivity contribution < 1.29 is 4.74 Å². The van der Waals surface area contributed by atoms with Gasteiger partial charge < -0.3 is 9.30 Å². The second-order valence-corrected chi connectivity index (χ2v) is 4.56. The maximum Gasteiger partial charge on any atom is 0.282 e. The van der Waals surface area contributed by atoms with Gasteiger partial charge in [-0.15, -0.1) is 0 Å². The number of aromatic nitrogens is 3. The highest BCUT2D eigenvalue weighted by Gasteiger charge is 2.01. The Labute approximate surface area is 112 Å². The monoisotopic (exact) mass is 271 g/mol. The Balaban J connectivity index is 1.81. The molecule has 0 aliphatic rings. The van der Waals surface area contributed by atoms with Crippen LogP contribution in [-0.2, 0) is 0 Å². The molecule has 0 bridgehead atoms. The highest BCUT2D eigenvalue weighted by Crippen LogP contribution is 2.22. The summed E-state index contributed by atoms with van der Waals surface area (Å²) in [5, 5.41) is 1.99. The first-order valence-corrected chi connectivity index (χ1v) is 6.41. The van der Waals surface area contributed by atoms with Gasteiger partial charge in [0.05, 0.1) is 6.33 Å². The minimum atomic E-state index is -0.302. The van der Waals surface area contributed by atoms with E-state index in [4.69, 9.17) is 4.74 Å². The Morgan fingerprint density at radius 1 is 1.16 bits per heavy atom. The zero-order valence-electron chi connectivity index (χ0n) is 9.76. The lowest BCUT2D eigenvalue weighted by molar-refractivity contribution is 0.476. The Morgan fingerprint density at radius 2 is 2.00 bits per heavy atom. The number of hydrogen-bond acceptors (Lipinski definition) is 5. The SMILES string of the molecule is O=c1ccsc(Oc2ccc(-n3ccnc3)cc2)n1. The van der Waals surface area contributed by atoms with Crippen LogP contribution in [0.5, 0.6) is 10.9 Å². The number of benzene rings is 1. The van der Waals surface area contributed by atoms with Crippen LogP contribution < -0.4 is 10.3 Å². The molecule has 1 aromatic carbocycles. The molecule has 19 heavy (non-hydrogen) atoms. The van der Waals surface area contributed by atoms with E-state index in [0.717, 1.165) is 5.69 Å². The maximum absolute atomic E-state index is 11.1. The van der Waals surface area contributed by atoms with Crippen LogP contribution in [0.3, 0.4) is 0 Å². The summed E-state index contributed by atoms with van der Waals surface area (Å²) < 4.78 is 7.41. The molecule has 3 aromatic rings. The quantitative estimate of drug-likeness (QED) is 0.734. The van der Waals surface area contributed by atoms with Gasteiger partial charge in [0.1, 0.15) is 5.75 Å². The molecule has 0 radical (unpaired) electrons. The van der Waals surface area contributed by atoms with E-state index < -0.39 is 0 Å². The first kappa shape index (κ1) is 11.6. The van der Waals surface area contributed by atoms with Gasteiger partial charge in [0.2, 0.25) is 0 Å². The molecule has 5 nitrogen and oxygen atoms in total. The first-order chi connectivity index (χ1) is 9.31. The van der Waals surface area contributed by atoms with Crippen LogP contribution in [0.15, 0.2) is 59.2 Å². The fraction of sp³-hybridized carbons (Fsp3) is 0. The fourth-order valence-electron chi connectivity index (χ4n) is 1.55. The lowest BCUT2D eigenvalue weighted by Gasteiger charge is -2.05. The second-order valence-electron chi connectivity index (χ2n) is 3.70. The molecule has 0 N–H and O–H groups in total. The third-order valence-corrected chi connectivity index (χ3v) is 3.07. The lowest BCUT2D eigenvalue weighted by atomic mass is 10.3. The maximum atomic E-state index is 11.1. The Morgan fingerprint density at radius 3 is 2.68 bits per heavy atom. The predicted molar refractivity (Wildman–Crippen MR) is 72.0 cm³/mol. The number of ether oxygens (including phenoxy) is 1. The van der Waals surface area contributed by atoms with Crippen molar-refractivity contribution in [2.45, 2.75) is 0 Å². The van der Waals surface area contributed by atoms with Crippen LogP contribution >= 0.6 is 11.3 Å². The molecule has 0 aliphatic carbocycles. The zero-order chi connectivity index (χ0) is 13.1. The first-order valence-electron chi connectivity index (χ1n) is 5.53. The smallest absolute Gasteiger partial charge is 0.282 e. The van der Waals surface area contributed by atoms with E-state index in [1.165, 1.54) is 17.4 Å². The van der Waals surface area contributed by atoms with Gasteiger partial charge in [-0.05, 0) is 24.3 Å². The van der Waals surface area contributed by atoms with Crippen molar-refractivity contribution in [2.75, 3.05) is 0 Å². The fourth-order valence-corrected chi connectivity index (χ4v) is 2.14. The van der Waals surface area contributed by atoms with E-state index in [9.17, 15) is 4.79 Å². The van der Waals surface area contributed by atoms with Gasteiger partial charge in [-0.1, -0.05) is 11.3 Å². The third-order valence-electron chi connectivity index (χ3n) is 2.43. The molecule has 0 unspecified atom stereocenters. The summed E-state index contributed by atoms with van der Waals surface area (Å²) in [4.78, 5) is 18.8. The average molecular weight is 271 g/mol. The Kier molecular flexibility index (Phi) is 3.07. The molecule has 3 rings (SSSR count). The van der Waals surface area contributed by atoms with Crippen molar-refractivity contribution in [1.82, 2.24) is 14.5 Å². The lowest BCUT2D eigenvalue weighted by Crippen LogP contribution is -2.02. The number of rotatable bonds is 3. The standard InChI is InChI=1S/C13H9N3O2S/c17-12-5-8-19-13(15-12)18-11-3-1-10(2-4-11)16-7-6-14-9-16/h1-9H.